The van der Waals surface area contributed by atoms with Crippen LogP contribution in [0.25, 0.3) is 0 Å². The fourth-order valence-corrected chi connectivity index (χ4v) is 2.65. The van der Waals surface area contributed by atoms with Crippen molar-refractivity contribution in [3.8, 4) is 5.75 Å². The van der Waals surface area contributed by atoms with Crippen LogP contribution in [0.2, 0.25) is 0 Å². The van der Waals surface area contributed by atoms with Gasteiger partial charge in [0.1, 0.15) is 11.8 Å². The summed E-state index contributed by atoms with van der Waals surface area (Å²) in [6.45, 7) is 1.95. The molecule has 2 rings (SSSR count). The third-order valence-electron chi connectivity index (χ3n) is 3.89. The molecule has 25 heavy (non-hydrogen) atoms. The van der Waals surface area contributed by atoms with Crippen molar-refractivity contribution in [3.63, 3.8) is 0 Å². The summed E-state index contributed by atoms with van der Waals surface area (Å²) in [6.07, 6.45) is 0.511. The van der Waals surface area contributed by atoms with Gasteiger partial charge in [0.2, 0.25) is 5.91 Å². The fraction of sp³-hybridized carbons (Fsp3) is 0.300. The first-order valence-corrected chi connectivity index (χ1v) is 8.08. The summed E-state index contributed by atoms with van der Waals surface area (Å²) in [6, 6.07) is 14.4. The van der Waals surface area contributed by atoms with E-state index < -0.39 is 12.0 Å². The molecule has 1 atom stereocenters. The third-order valence-corrected chi connectivity index (χ3v) is 3.89. The Morgan fingerprint density at radius 1 is 1.08 bits per heavy atom. The zero-order valence-electron chi connectivity index (χ0n) is 14.7. The van der Waals surface area contributed by atoms with Crippen LogP contribution >= 0.6 is 0 Å². The van der Waals surface area contributed by atoms with Gasteiger partial charge in [-0.3, -0.25) is 4.79 Å². The zero-order chi connectivity index (χ0) is 18.2. The highest BCUT2D eigenvalue weighted by molar-refractivity contribution is 5.86. The van der Waals surface area contributed by atoms with Crippen LogP contribution < -0.4 is 10.1 Å². The summed E-state index contributed by atoms with van der Waals surface area (Å²) in [4.78, 5) is 24.5. The molecule has 2 aromatic carbocycles. The second-order valence-corrected chi connectivity index (χ2v) is 5.83. The second-order valence-electron chi connectivity index (χ2n) is 5.83. The van der Waals surface area contributed by atoms with Gasteiger partial charge < -0.3 is 14.8 Å². The summed E-state index contributed by atoms with van der Waals surface area (Å²) in [5.74, 6) is -0.0675. The molecule has 0 saturated carbocycles. The topological polar surface area (TPSA) is 64.6 Å². The first-order valence-electron chi connectivity index (χ1n) is 8.08. The Morgan fingerprint density at radius 2 is 1.80 bits per heavy atom. The van der Waals surface area contributed by atoms with Gasteiger partial charge in [-0.2, -0.15) is 0 Å². The SMILES string of the molecule is COC(=O)C(Cc1ccccc1)NC(=O)Cc1cc(C)ccc1OC. The Hall–Kier alpha value is -2.82. The second kappa shape index (κ2) is 8.87. The van der Waals surface area contributed by atoms with Crippen LogP contribution in [0.1, 0.15) is 16.7 Å². The third kappa shape index (κ3) is 5.35. The van der Waals surface area contributed by atoms with Crippen LogP contribution in [0.15, 0.2) is 48.5 Å². The molecule has 0 heterocycles. The highest BCUT2D eigenvalue weighted by Crippen LogP contribution is 2.20. The predicted molar refractivity (Wildman–Crippen MR) is 95.5 cm³/mol. The lowest BCUT2D eigenvalue weighted by Crippen LogP contribution is -2.43. The van der Waals surface area contributed by atoms with Crippen molar-refractivity contribution in [2.45, 2.75) is 25.8 Å². The number of rotatable bonds is 7. The minimum absolute atomic E-state index is 0.132. The number of esters is 1. The number of amides is 1. The van der Waals surface area contributed by atoms with E-state index in [1.807, 2.05) is 55.5 Å². The van der Waals surface area contributed by atoms with Crippen molar-refractivity contribution >= 4 is 11.9 Å². The zero-order valence-corrected chi connectivity index (χ0v) is 14.7. The van der Waals surface area contributed by atoms with Crippen LogP contribution in [0.4, 0.5) is 0 Å². The molecule has 2 aromatic rings. The molecule has 1 N–H and O–H groups in total. The Bertz CT molecular complexity index is 728. The maximum atomic E-state index is 12.4. The first-order chi connectivity index (χ1) is 12.0. The summed E-state index contributed by atoms with van der Waals surface area (Å²) in [5.41, 5.74) is 2.77. The smallest absolute Gasteiger partial charge is 0.328 e. The number of carbonyl (C=O) groups excluding carboxylic acids is 2. The molecule has 0 radical (unpaired) electrons. The number of hydrogen-bond donors (Lipinski definition) is 1. The Labute approximate surface area is 148 Å². The molecule has 0 aliphatic carbocycles. The van der Waals surface area contributed by atoms with Gasteiger partial charge >= 0.3 is 5.97 Å². The molecule has 0 fully saturated rings. The number of aryl methyl sites for hydroxylation is 1. The van der Waals surface area contributed by atoms with E-state index in [0.717, 1.165) is 16.7 Å². The van der Waals surface area contributed by atoms with Crippen molar-refractivity contribution in [2.75, 3.05) is 14.2 Å². The predicted octanol–water partition coefficient (Wildman–Crippen LogP) is 2.45. The van der Waals surface area contributed by atoms with Crippen molar-refractivity contribution in [3.05, 3.63) is 65.2 Å². The van der Waals surface area contributed by atoms with E-state index in [1.54, 1.807) is 7.11 Å². The number of nitrogens with one attached hydrogen (secondary N) is 1. The minimum atomic E-state index is -0.726. The summed E-state index contributed by atoms with van der Waals surface area (Å²) < 4.78 is 10.1. The monoisotopic (exact) mass is 341 g/mol. The molecule has 0 aliphatic rings. The van der Waals surface area contributed by atoms with Crippen LogP contribution in [0, 0.1) is 6.92 Å². The summed E-state index contributed by atoms with van der Waals surface area (Å²) in [7, 11) is 2.88. The van der Waals surface area contributed by atoms with Crippen molar-refractivity contribution < 1.29 is 19.1 Å². The van der Waals surface area contributed by atoms with Gasteiger partial charge in [0.05, 0.1) is 20.6 Å². The van der Waals surface area contributed by atoms with Gasteiger partial charge in [0.25, 0.3) is 0 Å². The molecule has 1 unspecified atom stereocenters. The van der Waals surface area contributed by atoms with E-state index in [9.17, 15) is 9.59 Å². The highest BCUT2D eigenvalue weighted by atomic mass is 16.5. The van der Waals surface area contributed by atoms with Crippen molar-refractivity contribution in [1.82, 2.24) is 5.32 Å². The molecule has 0 saturated heterocycles. The fourth-order valence-electron chi connectivity index (χ4n) is 2.65. The molecule has 132 valence electrons. The quantitative estimate of drug-likeness (QED) is 0.786. The van der Waals surface area contributed by atoms with E-state index >= 15 is 0 Å². The molecule has 5 heteroatoms. The van der Waals surface area contributed by atoms with Crippen LogP contribution in [-0.4, -0.2) is 32.1 Å². The molecule has 1 amide bonds. The summed E-state index contributed by atoms with van der Waals surface area (Å²) >= 11 is 0. The van der Waals surface area contributed by atoms with Gasteiger partial charge in [-0.15, -0.1) is 0 Å². The van der Waals surface area contributed by atoms with E-state index in [-0.39, 0.29) is 12.3 Å². The first kappa shape index (κ1) is 18.5. The van der Waals surface area contributed by atoms with E-state index in [0.29, 0.717) is 12.2 Å². The van der Waals surface area contributed by atoms with Gasteiger partial charge in [-0.1, -0.05) is 48.0 Å². The number of methoxy groups -OCH3 is 2. The van der Waals surface area contributed by atoms with Gasteiger partial charge in [0.15, 0.2) is 0 Å². The Kier molecular flexibility index (Phi) is 6.57. The van der Waals surface area contributed by atoms with Crippen LogP contribution in [0.5, 0.6) is 5.75 Å². The van der Waals surface area contributed by atoms with E-state index in [2.05, 4.69) is 5.32 Å². The molecule has 5 nitrogen and oxygen atoms in total. The summed E-state index contributed by atoms with van der Waals surface area (Å²) in [5, 5.41) is 2.77. The Balaban J connectivity index is 2.09. The maximum absolute atomic E-state index is 12.4. The molecule has 0 aromatic heterocycles. The van der Waals surface area contributed by atoms with E-state index in [4.69, 9.17) is 9.47 Å². The highest BCUT2D eigenvalue weighted by Gasteiger charge is 2.22. The number of benzene rings is 2. The van der Waals surface area contributed by atoms with Crippen molar-refractivity contribution in [1.29, 1.82) is 0 Å². The van der Waals surface area contributed by atoms with Crippen LogP contribution in [0.3, 0.4) is 0 Å². The number of hydrogen-bond acceptors (Lipinski definition) is 4. The molecule has 0 bridgehead atoms. The number of carbonyl (C=O) groups is 2. The molecule has 0 aliphatic heterocycles. The largest absolute Gasteiger partial charge is 0.496 e. The average molecular weight is 341 g/mol. The normalized spacial score (nSPS) is 11.5. The standard InChI is InChI=1S/C20H23NO4/c1-14-9-10-18(24-2)16(11-14)13-19(22)21-17(20(23)25-3)12-15-7-5-4-6-8-15/h4-11,17H,12-13H2,1-3H3,(H,21,22). The Morgan fingerprint density at radius 3 is 2.44 bits per heavy atom. The van der Waals surface area contributed by atoms with Gasteiger partial charge in [0, 0.05) is 12.0 Å². The van der Waals surface area contributed by atoms with Gasteiger partial charge in [-0.25, -0.2) is 4.79 Å². The molecular formula is C20H23NO4. The molecule has 0 spiro atoms. The lowest BCUT2D eigenvalue weighted by atomic mass is 10.0. The van der Waals surface area contributed by atoms with Crippen molar-refractivity contribution in [2.24, 2.45) is 0 Å². The van der Waals surface area contributed by atoms with Crippen LogP contribution in [-0.2, 0) is 27.2 Å². The van der Waals surface area contributed by atoms with Gasteiger partial charge in [-0.05, 0) is 18.6 Å². The molecular weight excluding hydrogens is 318 g/mol. The number of ether oxygens (including phenoxy) is 2. The van der Waals surface area contributed by atoms with E-state index in [1.165, 1.54) is 7.11 Å². The lowest BCUT2D eigenvalue weighted by Gasteiger charge is -2.17. The minimum Gasteiger partial charge on any atom is -0.496 e. The average Bonchev–Trinajstić information content (AvgIpc) is 2.61. The lowest BCUT2D eigenvalue weighted by molar-refractivity contribution is -0.145. The maximum Gasteiger partial charge on any atom is 0.328 e.